The zero-order chi connectivity index (χ0) is 15.1. The SMILES string of the molecule is O=C1c2cccnc2C(=O)c2c1ccn2Cc1ccccc1. The van der Waals surface area contributed by atoms with Crippen LogP contribution in [0.5, 0.6) is 0 Å². The second kappa shape index (κ2) is 4.77. The van der Waals surface area contributed by atoms with E-state index in [2.05, 4.69) is 4.98 Å². The Morgan fingerprint density at radius 3 is 2.50 bits per heavy atom. The number of benzene rings is 1. The maximum absolute atomic E-state index is 12.7. The van der Waals surface area contributed by atoms with Crippen LogP contribution in [0.2, 0.25) is 0 Å². The first-order valence-electron chi connectivity index (χ1n) is 7.03. The van der Waals surface area contributed by atoms with E-state index in [4.69, 9.17) is 0 Å². The fraction of sp³-hybridized carbons (Fsp3) is 0.0556. The number of aromatic nitrogens is 2. The summed E-state index contributed by atoms with van der Waals surface area (Å²) in [4.78, 5) is 29.3. The smallest absolute Gasteiger partial charge is 0.229 e. The molecule has 0 radical (unpaired) electrons. The molecule has 4 rings (SSSR count). The summed E-state index contributed by atoms with van der Waals surface area (Å²) in [7, 11) is 0. The van der Waals surface area contributed by atoms with Crippen LogP contribution in [0.15, 0.2) is 60.9 Å². The lowest BCUT2D eigenvalue weighted by Crippen LogP contribution is -2.24. The Bertz CT molecular complexity index is 894. The van der Waals surface area contributed by atoms with E-state index in [-0.39, 0.29) is 17.3 Å². The highest BCUT2D eigenvalue weighted by molar-refractivity contribution is 6.27. The van der Waals surface area contributed by atoms with E-state index < -0.39 is 0 Å². The number of nitrogens with zero attached hydrogens (tertiary/aromatic N) is 2. The second-order valence-corrected chi connectivity index (χ2v) is 5.25. The molecule has 2 heterocycles. The molecule has 22 heavy (non-hydrogen) atoms. The van der Waals surface area contributed by atoms with Crippen molar-refractivity contribution in [1.29, 1.82) is 0 Å². The number of carbonyl (C=O) groups excluding carboxylic acids is 2. The third-order valence-electron chi connectivity index (χ3n) is 3.89. The van der Waals surface area contributed by atoms with Gasteiger partial charge in [0.2, 0.25) is 5.78 Å². The van der Waals surface area contributed by atoms with Gasteiger partial charge in [-0.25, -0.2) is 0 Å². The van der Waals surface area contributed by atoms with Crippen LogP contribution in [0.1, 0.15) is 37.7 Å². The van der Waals surface area contributed by atoms with Crippen LogP contribution in [0.4, 0.5) is 0 Å². The highest BCUT2D eigenvalue weighted by Gasteiger charge is 2.33. The van der Waals surface area contributed by atoms with Crippen LogP contribution in [0.3, 0.4) is 0 Å². The van der Waals surface area contributed by atoms with Crippen molar-refractivity contribution in [2.75, 3.05) is 0 Å². The molecular formula is C18H12N2O2. The number of hydrogen-bond acceptors (Lipinski definition) is 3. The Balaban J connectivity index is 1.82. The number of ketones is 2. The van der Waals surface area contributed by atoms with Gasteiger partial charge in [-0.15, -0.1) is 0 Å². The van der Waals surface area contributed by atoms with Crippen LogP contribution in [0, 0.1) is 0 Å². The van der Waals surface area contributed by atoms with Crippen molar-refractivity contribution in [2.24, 2.45) is 0 Å². The molecule has 1 aliphatic rings. The molecule has 0 saturated carbocycles. The van der Waals surface area contributed by atoms with E-state index in [0.29, 0.717) is 23.4 Å². The maximum Gasteiger partial charge on any atom is 0.229 e. The molecule has 0 spiro atoms. The van der Waals surface area contributed by atoms with Gasteiger partial charge in [-0.1, -0.05) is 30.3 Å². The average Bonchev–Trinajstić information content (AvgIpc) is 2.98. The Kier molecular flexibility index (Phi) is 2.76. The minimum Gasteiger partial charge on any atom is -0.340 e. The molecule has 4 heteroatoms. The summed E-state index contributed by atoms with van der Waals surface area (Å²) >= 11 is 0. The topological polar surface area (TPSA) is 52.0 Å². The summed E-state index contributed by atoms with van der Waals surface area (Å²) in [5.74, 6) is -0.323. The van der Waals surface area contributed by atoms with E-state index in [1.165, 1.54) is 0 Å². The first-order chi connectivity index (χ1) is 10.8. The number of hydrogen-bond donors (Lipinski definition) is 0. The first-order valence-corrected chi connectivity index (χ1v) is 7.03. The number of fused-ring (bicyclic) bond motifs is 2. The minimum atomic E-state index is -0.189. The molecular weight excluding hydrogens is 276 g/mol. The zero-order valence-corrected chi connectivity index (χ0v) is 11.7. The van der Waals surface area contributed by atoms with Gasteiger partial charge in [-0.05, 0) is 23.8 Å². The van der Waals surface area contributed by atoms with Crippen molar-refractivity contribution in [3.63, 3.8) is 0 Å². The summed E-state index contributed by atoms with van der Waals surface area (Å²) in [5.41, 5.74) is 2.60. The van der Waals surface area contributed by atoms with Gasteiger partial charge in [-0.3, -0.25) is 14.6 Å². The molecule has 0 amide bonds. The highest BCUT2D eigenvalue weighted by Crippen LogP contribution is 2.27. The molecule has 0 unspecified atom stereocenters. The fourth-order valence-electron chi connectivity index (χ4n) is 2.85. The lowest BCUT2D eigenvalue weighted by Gasteiger charge is -2.16. The van der Waals surface area contributed by atoms with Crippen LogP contribution < -0.4 is 0 Å². The van der Waals surface area contributed by atoms with E-state index in [1.54, 1.807) is 30.6 Å². The Hall–Kier alpha value is -3.01. The monoisotopic (exact) mass is 288 g/mol. The third-order valence-corrected chi connectivity index (χ3v) is 3.89. The van der Waals surface area contributed by atoms with Gasteiger partial charge in [-0.2, -0.15) is 0 Å². The molecule has 0 fully saturated rings. The zero-order valence-electron chi connectivity index (χ0n) is 11.7. The van der Waals surface area contributed by atoms with Crippen molar-refractivity contribution in [3.05, 3.63) is 89.0 Å². The molecule has 1 aromatic carbocycles. The van der Waals surface area contributed by atoms with Gasteiger partial charge in [0.05, 0.1) is 11.1 Å². The molecule has 3 aromatic rings. The molecule has 106 valence electrons. The number of rotatable bonds is 2. The van der Waals surface area contributed by atoms with E-state index >= 15 is 0 Å². The van der Waals surface area contributed by atoms with Crippen LogP contribution >= 0.6 is 0 Å². The summed E-state index contributed by atoms with van der Waals surface area (Å²) < 4.78 is 1.82. The van der Waals surface area contributed by atoms with Crippen molar-refractivity contribution in [3.8, 4) is 0 Å². The molecule has 4 nitrogen and oxygen atoms in total. The molecule has 2 aromatic heterocycles. The summed E-state index contributed by atoms with van der Waals surface area (Å²) in [5, 5.41) is 0. The van der Waals surface area contributed by atoms with Gasteiger partial charge in [0.15, 0.2) is 5.78 Å². The van der Waals surface area contributed by atoms with E-state index in [0.717, 1.165) is 5.56 Å². The molecule has 0 atom stereocenters. The van der Waals surface area contributed by atoms with Crippen LogP contribution in [-0.2, 0) is 6.54 Å². The van der Waals surface area contributed by atoms with Crippen LogP contribution in [-0.4, -0.2) is 21.1 Å². The normalized spacial score (nSPS) is 12.9. The predicted molar refractivity (Wildman–Crippen MR) is 81.1 cm³/mol. The Morgan fingerprint density at radius 1 is 0.864 bits per heavy atom. The highest BCUT2D eigenvalue weighted by atomic mass is 16.1. The largest absolute Gasteiger partial charge is 0.340 e. The van der Waals surface area contributed by atoms with Gasteiger partial charge in [0, 0.05) is 18.9 Å². The quantitative estimate of drug-likeness (QED) is 0.570. The van der Waals surface area contributed by atoms with Gasteiger partial charge in [0.25, 0.3) is 0 Å². The summed E-state index contributed by atoms with van der Waals surface area (Å²) in [6, 6.07) is 14.9. The predicted octanol–water partition coefficient (Wildman–Crippen LogP) is 2.71. The van der Waals surface area contributed by atoms with E-state index in [9.17, 15) is 9.59 Å². The fourth-order valence-corrected chi connectivity index (χ4v) is 2.85. The lowest BCUT2D eigenvalue weighted by atomic mass is 9.92. The molecule has 0 bridgehead atoms. The van der Waals surface area contributed by atoms with Crippen molar-refractivity contribution < 1.29 is 9.59 Å². The van der Waals surface area contributed by atoms with Gasteiger partial charge < -0.3 is 4.57 Å². The second-order valence-electron chi connectivity index (χ2n) is 5.25. The Morgan fingerprint density at radius 2 is 1.68 bits per heavy atom. The van der Waals surface area contributed by atoms with E-state index in [1.807, 2.05) is 34.9 Å². The number of pyridine rings is 1. The van der Waals surface area contributed by atoms with Gasteiger partial charge >= 0.3 is 0 Å². The third kappa shape index (κ3) is 1.81. The lowest BCUT2D eigenvalue weighted by molar-refractivity contribution is 0.0970. The minimum absolute atomic E-state index is 0.135. The van der Waals surface area contributed by atoms with Crippen molar-refractivity contribution >= 4 is 11.6 Å². The van der Waals surface area contributed by atoms with Crippen molar-refractivity contribution in [1.82, 2.24) is 9.55 Å². The average molecular weight is 288 g/mol. The molecule has 0 saturated heterocycles. The summed E-state index contributed by atoms with van der Waals surface area (Å²) in [6.07, 6.45) is 3.33. The molecule has 0 aliphatic heterocycles. The Labute approximate surface area is 127 Å². The molecule has 0 N–H and O–H groups in total. The van der Waals surface area contributed by atoms with Crippen molar-refractivity contribution in [2.45, 2.75) is 6.54 Å². The van der Waals surface area contributed by atoms with Gasteiger partial charge in [0.1, 0.15) is 11.4 Å². The maximum atomic E-state index is 12.7. The first kappa shape index (κ1) is 12.7. The summed E-state index contributed by atoms with van der Waals surface area (Å²) in [6.45, 7) is 0.553. The number of carbonyl (C=O) groups is 2. The molecule has 1 aliphatic carbocycles. The van der Waals surface area contributed by atoms with Crippen LogP contribution in [0.25, 0.3) is 0 Å². The standard InChI is InChI=1S/C18H12N2O2/c21-17-13-7-4-9-19-15(13)18(22)16-14(17)8-10-20(16)11-12-5-2-1-3-6-12/h1-10H,11H2.